The van der Waals surface area contributed by atoms with E-state index >= 15 is 0 Å². The van der Waals surface area contributed by atoms with E-state index in [4.69, 9.17) is 9.47 Å². The summed E-state index contributed by atoms with van der Waals surface area (Å²) in [5.74, 6) is -2.92. The first-order valence-corrected chi connectivity index (χ1v) is 12.0. The standard InChI is InChI=1S/2C6H3N3O7.2C4H9NO.H2O/c2*10-6-4(8(13)14)1-3(7(11)12)2-5(6)9(15)16;2*1-3-6-4-2-5-1;/h2*1-2,10H;2*5H,1-4H2;1H2. The molecule has 0 unspecified atom stereocenters. The highest BCUT2D eigenvalue weighted by molar-refractivity contribution is 5.64. The molecule has 2 aromatic carbocycles. The fraction of sp³-hybridized carbons (Fsp3) is 0.400. The van der Waals surface area contributed by atoms with Gasteiger partial charge in [0.1, 0.15) is 0 Å². The molecule has 2 aliphatic rings. The first kappa shape index (κ1) is 39.2. The summed E-state index contributed by atoms with van der Waals surface area (Å²) in [6.45, 7) is 8.39. The monoisotopic (exact) mass is 650 g/mol. The SMILES string of the molecule is C1COCC[NH2+]1.C1COCC[NH2+]1.O.O=[N+]([O-])c1cc([N+](=O)[O-])c([O-])c([N+](=O)[O-])c1.O=[N+]([O-])c1cc([N+](=O)[O-])c([O-])c([N+](=O)[O-])c1. The summed E-state index contributed by atoms with van der Waals surface area (Å²) >= 11 is 0. The fourth-order valence-corrected chi connectivity index (χ4v) is 3.08. The lowest BCUT2D eigenvalue weighted by atomic mass is 10.2. The van der Waals surface area contributed by atoms with Crippen LogP contribution in [0.1, 0.15) is 0 Å². The predicted octanol–water partition coefficient (Wildman–Crippen LogP) is -2.70. The van der Waals surface area contributed by atoms with E-state index in [0.717, 1.165) is 52.6 Å². The van der Waals surface area contributed by atoms with Crippen LogP contribution in [0.2, 0.25) is 0 Å². The van der Waals surface area contributed by atoms with E-state index in [0.29, 0.717) is 24.3 Å². The second-order valence-electron chi connectivity index (χ2n) is 8.13. The number of non-ortho nitro benzene ring substituents is 2. The second-order valence-corrected chi connectivity index (χ2v) is 8.13. The maximum absolute atomic E-state index is 11.1. The Kier molecular flexibility index (Phi) is 16.9. The lowest BCUT2D eigenvalue weighted by Gasteiger charge is -2.07. The Morgan fingerprint density at radius 1 is 0.467 bits per heavy atom. The Balaban J connectivity index is 0.000000621. The van der Waals surface area contributed by atoms with Crippen molar-refractivity contribution in [3.8, 4) is 11.5 Å². The van der Waals surface area contributed by atoms with E-state index in [9.17, 15) is 70.9 Å². The van der Waals surface area contributed by atoms with Gasteiger partial charge in [-0.3, -0.25) is 60.7 Å². The van der Waals surface area contributed by atoms with Crippen LogP contribution in [0.3, 0.4) is 0 Å². The summed E-state index contributed by atoms with van der Waals surface area (Å²) in [5.41, 5.74) is -6.53. The molecule has 248 valence electrons. The lowest BCUT2D eigenvalue weighted by molar-refractivity contribution is -0.670. The van der Waals surface area contributed by atoms with Gasteiger partial charge in [-0.05, 0) is 0 Å². The zero-order valence-corrected chi connectivity index (χ0v) is 22.8. The average Bonchev–Trinajstić information content (AvgIpc) is 2.99. The van der Waals surface area contributed by atoms with Gasteiger partial charge < -0.3 is 35.8 Å². The Bertz CT molecular complexity index is 1180. The van der Waals surface area contributed by atoms with Crippen LogP contribution in [0.25, 0.3) is 0 Å². The van der Waals surface area contributed by atoms with Gasteiger partial charge in [-0.15, -0.1) is 0 Å². The molecule has 45 heavy (non-hydrogen) atoms. The van der Waals surface area contributed by atoms with Crippen molar-refractivity contribution in [2.45, 2.75) is 0 Å². The number of nitrogens with zero attached hydrogens (tertiary/aromatic N) is 6. The number of nitro benzene ring substituents is 6. The number of rotatable bonds is 6. The molecule has 2 heterocycles. The summed E-state index contributed by atoms with van der Waals surface area (Å²) in [6.07, 6.45) is 0. The minimum atomic E-state index is -1.46. The quantitative estimate of drug-likeness (QED) is 0.237. The molecule has 0 atom stereocenters. The maximum Gasteiger partial charge on any atom is 0.283 e. The highest BCUT2D eigenvalue weighted by Crippen LogP contribution is 2.37. The van der Waals surface area contributed by atoms with Gasteiger partial charge >= 0.3 is 0 Å². The number of morpholine rings is 2. The molecule has 0 saturated carbocycles. The van der Waals surface area contributed by atoms with Crippen LogP contribution < -0.4 is 20.8 Å². The van der Waals surface area contributed by atoms with Crippen LogP contribution in [0.4, 0.5) is 34.1 Å². The molecule has 0 radical (unpaired) electrons. The Morgan fingerprint density at radius 3 is 0.800 bits per heavy atom. The van der Waals surface area contributed by atoms with Crippen molar-refractivity contribution in [2.24, 2.45) is 0 Å². The van der Waals surface area contributed by atoms with Crippen LogP contribution in [0.5, 0.6) is 11.5 Å². The first-order valence-electron chi connectivity index (χ1n) is 12.0. The van der Waals surface area contributed by atoms with Crippen molar-refractivity contribution in [1.29, 1.82) is 0 Å². The van der Waals surface area contributed by atoms with E-state index in [1.54, 1.807) is 0 Å². The van der Waals surface area contributed by atoms with E-state index in [-0.39, 0.29) is 5.48 Å². The molecule has 25 nitrogen and oxygen atoms in total. The molecule has 2 aromatic rings. The molecular formula is C20H26N8O17. The fourth-order valence-electron chi connectivity index (χ4n) is 3.08. The van der Waals surface area contributed by atoms with Crippen molar-refractivity contribution in [3.05, 3.63) is 85.0 Å². The van der Waals surface area contributed by atoms with E-state index in [1.807, 2.05) is 0 Å². The molecule has 0 bridgehead atoms. The van der Waals surface area contributed by atoms with Gasteiger partial charge in [0.15, 0.2) is 0 Å². The minimum absolute atomic E-state index is 0. The predicted molar refractivity (Wildman–Crippen MR) is 140 cm³/mol. The van der Waals surface area contributed by atoms with Crippen molar-refractivity contribution in [2.75, 3.05) is 52.6 Å². The number of hydrogen-bond acceptors (Lipinski definition) is 16. The molecule has 0 aliphatic carbocycles. The molecule has 6 N–H and O–H groups in total. The maximum atomic E-state index is 11.1. The van der Waals surface area contributed by atoms with Gasteiger partial charge in [0, 0.05) is 0 Å². The van der Waals surface area contributed by atoms with E-state index < -0.39 is 75.2 Å². The molecule has 25 heteroatoms. The summed E-state index contributed by atoms with van der Waals surface area (Å²) < 4.78 is 10.1. The van der Waals surface area contributed by atoms with Gasteiger partial charge in [0.2, 0.25) is 0 Å². The normalized spacial score (nSPS) is 13.3. The summed E-state index contributed by atoms with van der Waals surface area (Å²) in [4.78, 5) is 55.0. The lowest BCUT2D eigenvalue weighted by Crippen LogP contribution is -2.87. The molecule has 2 fully saturated rings. The molecule has 0 spiro atoms. The summed E-state index contributed by atoms with van der Waals surface area (Å²) in [5, 5.41) is 88.7. The van der Waals surface area contributed by atoms with E-state index in [1.165, 1.54) is 0 Å². The van der Waals surface area contributed by atoms with Crippen LogP contribution in [0.15, 0.2) is 24.3 Å². The van der Waals surface area contributed by atoms with Crippen molar-refractivity contribution < 1.29 is 65.3 Å². The molecular weight excluding hydrogens is 624 g/mol. The highest BCUT2D eigenvalue weighted by atomic mass is 16.7. The zero-order chi connectivity index (χ0) is 33.4. The van der Waals surface area contributed by atoms with Crippen LogP contribution in [-0.4, -0.2) is 87.6 Å². The molecule has 2 saturated heterocycles. The zero-order valence-electron chi connectivity index (χ0n) is 22.8. The Hall–Kier alpha value is -5.76. The molecule has 0 amide bonds. The second kappa shape index (κ2) is 19.4. The average molecular weight is 650 g/mol. The minimum Gasteiger partial charge on any atom is -0.863 e. The van der Waals surface area contributed by atoms with E-state index in [2.05, 4.69) is 10.6 Å². The summed E-state index contributed by atoms with van der Waals surface area (Å²) in [7, 11) is 0. The van der Waals surface area contributed by atoms with Crippen molar-refractivity contribution in [3.63, 3.8) is 0 Å². The summed E-state index contributed by atoms with van der Waals surface area (Å²) in [6, 6.07) is 1.54. The van der Waals surface area contributed by atoms with Gasteiger partial charge in [-0.1, -0.05) is 0 Å². The van der Waals surface area contributed by atoms with Crippen LogP contribution in [0, 0.1) is 60.7 Å². The number of nitrogens with two attached hydrogens (primary N) is 2. The first-order chi connectivity index (χ1) is 20.7. The molecule has 4 rings (SSSR count). The molecule has 2 aliphatic heterocycles. The molecule has 0 aromatic heterocycles. The third-order valence-electron chi connectivity index (χ3n) is 5.14. The van der Waals surface area contributed by atoms with Crippen molar-refractivity contribution in [1.82, 2.24) is 0 Å². The van der Waals surface area contributed by atoms with Crippen molar-refractivity contribution >= 4 is 34.1 Å². The van der Waals surface area contributed by atoms with Gasteiger partial charge in [0.05, 0.1) is 118 Å². The number of ether oxygens (including phenoxy) is 2. The Morgan fingerprint density at radius 2 is 0.689 bits per heavy atom. The third-order valence-corrected chi connectivity index (χ3v) is 5.14. The van der Waals surface area contributed by atoms with Crippen LogP contribution >= 0.6 is 0 Å². The smallest absolute Gasteiger partial charge is 0.283 e. The van der Waals surface area contributed by atoms with Crippen LogP contribution in [-0.2, 0) is 9.47 Å². The van der Waals surface area contributed by atoms with Gasteiger partial charge in [0.25, 0.3) is 34.1 Å². The topological polar surface area (TPSA) is 388 Å². The number of benzene rings is 2. The van der Waals surface area contributed by atoms with Gasteiger partial charge in [-0.2, -0.15) is 0 Å². The number of hydrogen-bond donors (Lipinski definition) is 2. The van der Waals surface area contributed by atoms with Gasteiger partial charge in [-0.25, -0.2) is 0 Å². The highest BCUT2D eigenvalue weighted by Gasteiger charge is 2.25. The Labute approximate surface area is 249 Å². The number of nitro groups is 6. The largest absolute Gasteiger partial charge is 0.863 e. The third kappa shape index (κ3) is 13.0. The number of quaternary nitrogens is 2.